The highest BCUT2D eigenvalue weighted by Gasteiger charge is 2.14. The Morgan fingerprint density at radius 1 is 1.08 bits per heavy atom. The molecule has 132 valence electrons. The van der Waals surface area contributed by atoms with Gasteiger partial charge in [0, 0.05) is 21.9 Å². The van der Waals surface area contributed by atoms with Gasteiger partial charge in [0.05, 0.1) is 19.9 Å². The molecular weight excluding hydrogens is 354 g/mol. The molecule has 3 rings (SSSR count). The summed E-state index contributed by atoms with van der Waals surface area (Å²) < 4.78 is 16.5. The maximum absolute atomic E-state index is 5.86. The molecular formula is C19H21NO3S2. The Morgan fingerprint density at radius 3 is 2.56 bits per heavy atom. The van der Waals surface area contributed by atoms with Gasteiger partial charge < -0.3 is 13.9 Å². The molecule has 0 atom stereocenters. The molecule has 0 saturated heterocycles. The molecule has 0 radical (unpaired) electrons. The van der Waals surface area contributed by atoms with E-state index in [9.17, 15) is 0 Å². The number of nitrogens with zero attached hydrogens (tertiary/aromatic N) is 1. The molecule has 0 aliphatic heterocycles. The minimum atomic E-state index is 0.612. The number of methoxy groups -OCH3 is 2. The largest absolute Gasteiger partial charge is 0.493 e. The van der Waals surface area contributed by atoms with Crippen molar-refractivity contribution >= 4 is 23.1 Å². The van der Waals surface area contributed by atoms with Crippen molar-refractivity contribution in [2.24, 2.45) is 0 Å². The molecule has 25 heavy (non-hydrogen) atoms. The van der Waals surface area contributed by atoms with E-state index >= 15 is 0 Å². The predicted molar refractivity (Wildman–Crippen MR) is 104 cm³/mol. The number of aromatic nitrogens is 1. The van der Waals surface area contributed by atoms with Crippen LogP contribution in [-0.2, 0) is 11.5 Å². The Balaban J connectivity index is 1.71. The lowest BCUT2D eigenvalue weighted by Gasteiger charge is -2.07. The highest BCUT2D eigenvalue weighted by molar-refractivity contribution is 7.97. The monoisotopic (exact) mass is 375 g/mol. The fourth-order valence-electron chi connectivity index (χ4n) is 2.49. The standard InChI is InChI=1S/C19H21NO3S2/c1-12-7-14(10-25-12)9-24-11-16-13(2)23-19(20-16)15-5-6-17(21-3)18(8-15)22-4/h5-8,10H,9,11H2,1-4H3. The van der Waals surface area contributed by atoms with Gasteiger partial charge in [0.1, 0.15) is 5.76 Å². The first kappa shape index (κ1) is 17.9. The van der Waals surface area contributed by atoms with Gasteiger partial charge in [-0.05, 0) is 49.1 Å². The molecule has 0 fully saturated rings. The highest BCUT2D eigenvalue weighted by Crippen LogP contribution is 2.33. The maximum atomic E-state index is 5.86. The highest BCUT2D eigenvalue weighted by atomic mass is 32.2. The van der Waals surface area contributed by atoms with Gasteiger partial charge in [0.2, 0.25) is 5.89 Å². The fraction of sp³-hybridized carbons (Fsp3) is 0.316. The van der Waals surface area contributed by atoms with E-state index in [1.54, 1.807) is 25.6 Å². The van der Waals surface area contributed by atoms with Gasteiger partial charge in [-0.25, -0.2) is 4.98 Å². The molecule has 0 unspecified atom stereocenters. The first-order valence-electron chi connectivity index (χ1n) is 7.91. The summed E-state index contributed by atoms with van der Waals surface area (Å²) in [5.74, 6) is 4.65. The summed E-state index contributed by atoms with van der Waals surface area (Å²) in [4.78, 5) is 6.02. The van der Waals surface area contributed by atoms with Crippen molar-refractivity contribution in [1.82, 2.24) is 4.98 Å². The number of benzene rings is 1. The van der Waals surface area contributed by atoms with Gasteiger partial charge in [-0.15, -0.1) is 11.3 Å². The van der Waals surface area contributed by atoms with Crippen molar-refractivity contribution in [1.29, 1.82) is 0 Å². The molecule has 0 spiro atoms. The third-order valence-corrected chi connectivity index (χ3v) is 5.74. The van der Waals surface area contributed by atoms with E-state index in [0.29, 0.717) is 17.4 Å². The van der Waals surface area contributed by atoms with Crippen LogP contribution in [0.5, 0.6) is 11.5 Å². The van der Waals surface area contributed by atoms with Gasteiger partial charge in [-0.1, -0.05) is 0 Å². The number of ether oxygens (including phenoxy) is 2. The summed E-state index contributed by atoms with van der Waals surface area (Å²) in [6.07, 6.45) is 0. The predicted octanol–water partition coefficient (Wildman–Crippen LogP) is 5.47. The quantitative estimate of drug-likeness (QED) is 0.548. The fourth-order valence-corrected chi connectivity index (χ4v) is 4.27. The molecule has 0 aliphatic carbocycles. The average molecular weight is 376 g/mol. The summed E-state index contributed by atoms with van der Waals surface area (Å²) in [6.45, 7) is 4.10. The van der Waals surface area contributed by atoms with Crippen LogP contribution in [-0.4, -0.2) is 19.2 Å². The van der Waals surface area contributed by atoms with Crippen LogP contribution in [0.4, 0.5) is 0 Å². The topological polar surface area (TPSA) is 44.5 Å². The second-order valence-electron chi connectivity index (χ2n) is 5.65. The van der Waals surface area contributed by atoms with Crippen molar-refractivity contribution < 1.29 is 13.9 Å². The van der Waals surface area contributed by atoms with Crippen LogP contribution in [0.2, 0.25) is 0 Å². The van der Waals surface area contributed by atoms with Crippen molar-refractivity contribution in [3.05, 3.63) is 51.5 Å². The summed E-state index contributed by atoms with van der Waals surface area (Å²) in [6, 6.07) is 7.91. The third kappa shape index (κ3) is 4.19. The van der Waals surface area contributed by atoms with Crippen molar-refractivity contribution in [3.8, 4) is 23.0 Å². The van der Waals surface area contributed by atoms with Crippen molar-refractivity contribution in [2.45, 2.75) is 25.4 Å². The Bertz CT molecular complexity index is 854. The minimum Gasteiger partial charge on any atom is -0.493 e. The van der Waals surface area contributed by atoms with Gasteiger partial charge in [-0.2, -0.15) is 11.8 Å². The van der Waals surface area contributed by atoms with Crippen LogP contribution < -0.4 is 9.47 Å². The van der Waals surface area contributed by atoms with Crippen LogP contribution >= 0.6 is 23.1 Å². The van der Waals surface area contributed by atoms with Gasteiger partial charge in [-0.3, -0.25) is 0 Å². The molecule has 0 aliphatic rings. The van der Waals surface area contributed by atoms with E-state index in [0.717, 1.165) is 28.5 Å². The van der Waals surface area contributed by atoms with Gasteiger partial charge in [0.15, 0.2) is 11.5 Å². The SMILES string of the molecule is COc1ccc(-c2nc(CSCc3csc(C)c3)c(C)o2)cc1OC. The first-order valence-corrected chi connectivity index (χ1v) is 9.94. The Morgan fingerprint density at radius 2 is 1.88 bits per heavy atom. The number of thiophene rings is 1. The summed E-state index contributed by atoms with van der Waals surface area (Å²) in [7, 11) is 3.24. The number of hydrogen-bond acceptors (Lipinski definition) is 6. The van der Waals surface area contributed by atoms with E-state index in [1.165, 1.54) is 10.4 Å². The lowest BCUT2D eigenvalue weighted by molar-refractivity contribution is 0.355. The third-order valence-electron chi connectivity index (χ3n) is 3.82. The van der Waals surface area contributed by atoms with Crippen molar-refractivity contribution in [2.75, 3.05) is 14.2 Å². The maximum Gasteiger partial charge on any atom is 0.226 e. The second kappa shape index (κ2) is 7.97. The number of oxazole rings is 1. The van der Waals surface area contributed by atoms with Crippen LogP contribution in [0.25, 0.3) is 11.5 Å². The summed E-state index contributed by atoms with van der Waals surface area (Å²) in [5, 5.41) is 2.22. The molecule has 1 aromatic carbocycles. The van der Waals surface area contributed by atoms with Gasteiger partial charge >= 0.3 is 0 Å². The Labute approximate surface area is 156 Å². The minimum absolute atomic E-state index is 0.612. The van der Waals surface area contributed by atoms with E-state index in [4.69, 9.17) is 13.9 Å². The normalized spacial score (nSPS) is 10.9. The van der Waals surface area contributed by atoms with Crippen LogP contribution in [0, 0.1) is 13.8 Å². The molecule has 3 aromatic rings. The van der Waals surface area contributed by atoms with E-state index in [1.807, 2.05) is 36.9 Å². The zero-order valence-electron chi connectivity index (χ0n) is 14.8. The summed E-state index contributed by atoms with van der Waals surface area (Å²) >= 11 is 3.64. The smallest absolute Gasteiger partial charge is 0.226 e. The molecule has 0 amide bonds. The van der Waals surface area contributed by atoms with Crippen LogP contribution in [0.15, 0.2) is 34.1 Å². The van der Waals surface area contributed by atoms with Crippen molar-refractivity contribution in [3.63, 3.8) is 0 Å². The van der Waals surface area contributed by atoms with E-state index in [-0.39, 0.29) is 0 Å². The number of thioether (sulfide) groups is 1. The molecule has 4 nitrogen and oxygen atoms in total. The average Bonchev–Trinajstić information content (AvgIpc) is 3.20. The second-order valence-corrected chi connectivity index (χ2v) is 7.75. The molecule has 2 heterocycles. The zero-order chi connectivity index (χ0) is 17.8. The van der Waals surface area contributed by atoms with E-state index in [2.05, 4.69) is 23.4 Å². The Kier molecular flexibility index (Phi) is 5.71. The number of rotatable bonds is 7. The lowest BCUT2D eigenvalue weighted by atomic mass is 10.2. The van der Waals surface area contributed by atoms with E-state index < -0.39 is 0 Å². The lowest BCUT2D eigenvalue weighted by Crippen LogP contribution is -1.91. The first-order chi connectivity index (χ1) is 12.1. The molecule has 2 aromatic heterocycles. The molecule has 0 saturated carbocycles. The summed E-state index contributed by atoms with van der Waals surface area (Å²) in [5.41, 5.74) is 3.24. The molecule has 6 heteroatoms. The molecule has 0 N–H and O–H groups in total. The number of aryl methyl sites for hydroxylation is 2. The Hall–Kier alpha value is -1.92. The van der Waals surface area contributed by atoms with Gasteiger partial charge in [0.25, 0.3) is 0 Å². The van der Waals surface area contributed by atoms with Crippen LogP contribution in [0.3, 0.4) is 0 Å². The molecule has 0 bridgehead atoms. The number of hydrogen-bond donors (Lipinski definition) is 0. The zero-order valence-corrected chi connectivity index (χ0v) is 16.4. The van der Waals surface area contributed by atoms with Crippen LogP contribution in [0.1, 0.15) is 21.9 Å².